The summed E-state index contributed by atoms with van der Waals surface area (Å²) < 4.78 is 0. The summed E-state index contributed by atoms with van der Waals surface area (Å²) in [6.45, 7) is 0. The van der Waals surface area contributed by atoms with E-state index in [-0.39, 0.29) is 5.91 Å². The average Bonchev–Trinajstić information content (AvgIpc) is 2.15. The predicted octanol–water partition coefficient (Wildman–Crippen LogP) is 0.142. The highest BCUT2D eigenvalue weighted by molar-refractivity contribution is 6.01. The Bertz CT molecular complexity index is 351. The lowest BCUT2D eigenvalue weighted by Gasteiger charge is -2.32. The molecule has 0 aromatic heterocycles. The molecule has 0 radical (unpaired) electrons. The van der Waals surface area contributed by atoms with Crippen LogP contribution in [0.2, 0.25) is 0 Å². The van der Waals surface area contributed by atoms with Gasteiger partial charge in [-0.3, -0.25) is 4.79 Å². The summed E-state index contributed by atoms with van der Waals surface area (Å²) in [5.41, 5.74) is 1.34. The van der Waals surface area contributed by atoms with Gasteiger partial charge in [0, 0.05) is 7.05 Å². The predicted molar refractivity (Wildman–Crippen MR) is 48.3 cm³/mol. The number of fused-ring (bicyclic) bond motifs is 1. The van der Waals surface area contributed by atoms with E-state index in [0.29, 0.717) is 5.56 Å². The van der Waals surface area contributed by atoms with Crippen molar-refractivity contribution in [3.8, 4) is 0 Å². The first-order valence-corrected chi connectivity index (χ1v) is 4.01. The lowest BCUT2D eigenvalue weighted by atomic mass is 10.1. The van der Waals surface area contributed by atoms with E-state index in [1.807, 2.05) is 6.07 Å². The molecule has 0 bridgehead atoms. The van der Waals surface area contributed by atoms with Crippen LogP contribution in [0.25, 0.3) is 0 Å². The molecule has 1 aromatic carbocycles. The average molecular weight is 178 g/mol. The Hall–Kier alpha value is -1.55. The van der Waals surface area contributed by atoms with E-state index in [1.165, 1.54) is 0 Å². The maximum absolute atomic E-state index is 11.3. The number of aliphatic hydroxyl groups is 1. The molecule has 1 heterocycles. The highest BCUT2D eigenvalue weighted by atomic mass is 16.3. The molecular weight excluding hydrogens is 168 g/mol. The Morgan fingerprint density at radius 2 is 2.15 bits per heavy atom. The van der Waals surface area contributed by atoms with Gasteiger partial charge in [-0.1, -0.05) is 12.1 Å². The first kappa shape index (κ1) is 8.07. The summed E-state index contributed by atoms with van der Waals surface area (Å²) in [7, 11) is 1.73. The molecule has 1 aliphatic rings. The van der Waals surface area contributed by atoms with E-state index in [9.17, 15) is 9.90 Å². The SMILES string of the molecule is CN1c2ccccc2C(=O)NC1O. The molecule has 1 amide bonds. The third-order valence-corrected chi connectivity index (χ3v) is 2.16. The molecule has 4 heteroatoms. The minimum Gasteiger partial charge on any atom is -0.356 e. The first-order chi connectivity index (χ1) is 6.20. The Labute approximate surface area is 75.8 Å². The second-order valence-electron chi connectivity index (χ2n) is 2.98. The Balaban J connectivity index is 2.53. The van der Waals surface area contributed by atoms with Crippen molar-refractivity contribution in [2.45, 2.75) is 6.35 Å². The van der Waals surface area contributed by atoms with Crippen molar-refractivity contribution in [3.05, 3.63) is 29.8 Å². The maximum atomic E-state index is 11.3. The minimum absolute atomic E-state index is 0.235. The van der Waals surface area contributed by atoms with Crippen LogP contribution in [0.3, 0.4) is 0 Å². The molecule has 13 heavy (non-hydrogen) atoms. The summed E-state index contributed by atoms with van der Waals surface area (Å²) in [6, 6.07) is 7.16. The lowest BCUT2D eigenvalue weighted by molar-refractivity contribution is 0.0758. The van der Waals surface area contributed by atoms with E-state index in [0.717, 1.165) is 5.69 Å². The number of carbonyl (C=O) groups is 1. The normalized spacial score (nSPS) is 20.9. The lowest BCUT2D eigenvalue weighted by Crippen LogP contribution is -2.50. The van der Waals surface area contributed by atoms with E-state index < -0.39 is 6.35 Å². The van der Waals surface area contributed by atoms with Crippen molar-refractivity contribution in [1.82, 2.24) is 5.32 Å². The molecule has 0 fully saturated rings. The molecule has 1 unspecified atom stereocenters. The highest BCUT2D eigenvalue weighted by Crippen LogP contribution is 2.23. The van der Waals surface area contributed by atoms with Crippen LogP contribution in [0.4, 0.5) is 5.69 Å². The smallest absolute Gasteiger partial charge is 0.256 e. The fraction of sp³-hybridized carbons (Fsp3) is 0.222. The molecule has 2 N–H and O–H groups in total. The molecule has 4 nitrogen and oxygen atoms in total. The highest BCUT2D eigenvalue weighted by Gasteiger charge is 2.25. The number of carbonyl (C=O) groups excluding carboxylic acids is 1. The van der Waals surface area contributed by atoms with Crippen LogP contribution in [-0.2, 0) is 0 Å². The van der Waals surface area contributed by atoms with Gasteiger partial charge in [0.1, 0.15) is 0 Å². The van der Waals surface area contributed by atoms with Crippen LogP contribution >= 0.6 is 0 Å². The molecule has 0 saturated carbocycles. The zero-order chi connectivity index (χ0) is 9.42. The van der Waals surface area contributed by atoms with Crippen molar-refractivity contribution in [2.75, 3.05) is 11.9 Å². The van der Waals surface area contributed by atoms with E-state index in [2.05, 4.69) is 5.32 Å². The standard InChI is InChI=1S/C9H10N2O2/c1-11-7-5-3-2-4-6(7)8(12)10-9(11)13/h2-5,9,13H,1H3,(H,10,12). The quantitative estimate of drug-likeness (QED) is 0.594. The fourth-order valence-electron chi connectivity index (χ4n) is 1.40. The first-order valence-electron chi connectivity index (χ1n) is 4.01. The summed E-state index contributed by atoms with van der Waals surface area (Å²) >= 11 is 0. The van der Waals surface area contributed by atoms with Crippen molar-refractivity contribution < 1.29 is 9.90 Å². The molecular formula is C9H10N2O2. The molecule has 0 saturated heterocycles. The van der Waals surface area contributed by atoms with E-state index in [4.69, 9.17) is 0 Å². The van der Waals surface area contributed by atoms with Gasteiger partial charge >= 0.3 is 0 Å². The number of hydrogen-bond donors (Lipinski definition) is 2. The van der Waals surface area contributed by atoms with Gasteiger partial charge in [-0.05, 0) is 12.1 Å². The van der Waals surface area contributed by atoms with Crippen LogP contribution < -0.4 is 10.2 Å². The van der Waals surface area contributed by atoms with Gasteiger partial charge < -0.3 is 15.3 Å². The summed E-state index contributed by atoms with van der Waals surface area (Å²) in [4.78, 5) is 13.0. The van der Waals surface area contributed by atoms with E-state index in [1.54, 1.807) is 30.1 Å². The van der Waals surface area contributed by atoms with Gasteiger partial charge in [0.05, 0.1) is 11.3 Å². The third-order valence-electron chi connectivity index (χ3n) is 2.16. The largest absolute Gasteiger partial charge is 0.356 e. The van der Waals surface area contributed by atoms with Crippen LogP contribution in [-0.4, -0.2) is 24.4 Å². The molecule has 0 aliphatic carbocycles. The van der Waals surface area contributed by atoms with Crippen molar-refractivity contribution in [1.29, 1.82) is 0 Å². The summed E-state index contributed by atoms with van der Waals surface area (Å²) in [5.74, 6) is -0.235. The fourth-order valence-corrected chi connectivity index (χ4v) is 1.40. The van der Waals surface area contributed by atoms with Gasteiger partial charge in [0.2, 0.25) is 6.35 Å². The van der Waals surface area contributed by atoms with Gasteiger partial charge in [-0.25, -0.2) is 0 Å². The number of hydrogen-bond acceptors (Lipinski definition) is 3. The van der Waals surface area contributed by atoms with Crippen LogP contribution in [0.5, 0.6) is 0 Å². The Morgan fingerprint density at radius 1 is 1.46 bits per heavy atom. The molecule has 1 atom stereocenters. The number of anilines is 1. The van der Waals surface area contributed by atoms with Crippen LogP contribution in [0, 0.1) is 0 Å². The second-order valence-corrected chi connectivity index (χ2v) is 2.98. The topological polar surface area (TPSA) is 52.6 Å². The number of aliphatic hydroxyl groups excluding tert-OH is 1. The molecule has 1 aliphatic heterocycles. The van der Waals surface area contributed by atoms with Gasteiger partial charge in [-0.2, -0.15) is 0 Å². The zero-order valence-corrected chi connectivity index (χ0v) is 7.19. The minimum atomic E-state index is -0.928. The Morgan fingerprint density at radius 3 is 2.92 bits per heavy atom. The number of nitrogens with zero attached hydrogens (tertiary/aromatic N) is 1. The van der Waals surface area contributed by atoms with Crippen molar-refractivity contribution in [2.24, 2.45) is 0 Å². The Kier molecular flexibility index (Phi) is 1.70. The number of benzene rings is 1. The van der Waals surface area contributed by atoms with Crippen LogP contribution in [0.1, 0.15) is 10.4 Å². The van der Waals surface area contributed by atoms with Gasteiger partial charge in [-0.15, -0.1) is 0 Å². The zero-order valence-electron chi connectivity index (χ0n) is 7.19. The molecule has 68 valence electrons. The van der Waals surface area contributed by atoms with E-state index >= 15 is 0 Å². The molecule has 1 aromatic rings. The number of amides is 1. The maximum Gasteiger partial charge on any atom is 0.256 e. The van der Waals surface area contributed by atoms with Crippen LogP contribution in [0.15, 0.2) is 24.3 Å². The number of rotatable bonds is 0. The second kappa shape index (κ2) is 2.74. The third kappa shape index (κ3) is 1.15. The van der Waals surface area contributed by atoms with Crippen molar-refractivity contribution in [3.63, 3.8) is 0 Å². The van der Waals surface area contributed by atoms with Crippen molar-refractivity contribution >= 4 is 11.6 Å². The number of nitrogens with one attached hydrogen (secondary N) is 1. The molecule has 0 spiro atoms. The number of para-hydroxylation sites is 1. The van der Waals surface area contributed by atoms with Gasteiger partial charge in [0.15, 0.2) is 0 Å². The summed E-state index contributed by atoms with van der Waals surface area (Å²) in [5, 5.41) is 11.8. The monoisotopic (exact) mass is 178 g/mol. The summed E-state index contributed by atoms with van der Waals surface area (Å²) in [6.07, 6.45) is -0.928. The molecule has 2 rings (SSSR count). The van der Waals surface area contributed by atoms with Gasteiger partial charge in [0.25, 0.3) is 5.91 Å².